The maximum Gasteiger partial charge on any atom is 0.320 e. The van der Waals surface area contributed by atoms with Gasteiger partial charge in [-0.3, -0.25) is 14.4 Å². The van der Waals surface area contributed by atoms with E-state index in [1.807, 2.05) is 39.0 Å². The number of morpholine rings is 1. The molecule has 3 atom stereocenters. The third-order valence-corrected chi connectivity index (χ3v) is 6.94. The number of furan rings is 1. The molecule has 4 amide bonds. The average molecular weight is 513 g/mol. The summed E-state index contributed by atoms with van der Waals surface area (Å²) in [5.41, 5.74) is 0.590. The minimum Gasteiger partial charge on any atom is -0.451 e. The van der Waals surface area contributed by atoms with E-state index in [0.717, 1.165) is 5.39 Å². The smallest absolute Gasteiger partial charge is 0.320 e. The summed E-state index contributed by atoms with van der Waals surface area (Å²) in [7, 11) is 0. The van der Waals surface area contributed by atoms with Crippen molar-refractivity contribution in [2.24, 2.45) is 5.92 Å². The molecule has 1 aromatic heterocycles. The molecule has 3 unspecified atom stereocenters. The van der Waals surface area contributed by atoms with Crippen LogP contribution in [0.15, 0.2) is 34.7 Å². The van der Waals surface area contributed by atoms with Gasteiger partial charge >= 0.3 is 6.03 Å². The molecule has 37 heavy (non-hydrogen) atoms. The summed E-state index contributed by atoms with van der Waals surface area (Å²) in [5.74, 6) is -0.874. The van der Waals surface area contributed by atoms with E-state index in [9.17, 15) is 19.2 Å². The van der Waals surface area contributed by atoms with Crippen molar-refractivity contribution in [3.8, 4) is 0 Å². The molecule has 2 fully saturated rings. The highest BCUT2D eigenvalue weighted by Gasteiger charge is 2.36. The lowest BCUT2D eigenvalue weighted by Crippen LogP contribution is -2.54. The molecule has 4 rings (SSSR count). The number of ether oxygens (including phenoxy) is 1. The molecule has 10 nitrogen and oxygen atoms in total. The quantitative estimate of drug-likeness (QED) is 0.614. The van der Waals surface area contributed by atoms with E-state index >= 15 is 0 Å². The van der Waals surface area contributed by atoms with Crippen LogP contribution < -0.4 is 10.6 Å². The van der Waals surface area contributed by atoms with E-state index < -0.39 is 23.9 Å². The van der Waals surface area contributed by atoms with E-state index in [0.29, 0.717) is 51.1 Å². The van der Waals surface area contributed by atoms with Gasteiger partial charge in [0.15, 0.2) is 11.5 Å². The van der Waals surface area contributed by atoms with Crippen molar-refractivity contribution in [3.05, 3.63) is 36.1 Å². The van der Waals surface area contributed by atoms with Gasteiger partial charge in [0.05, 0.1) is 25.8 Å². The molecule has 2 N–H and O–H groups in total. The standard InChI is InChI=1S/C27H36N4O6/c1-17(2)14-21(29-26(34)24-15-19-6-4-5-7-23(19)37-24)25(33)28-20-9-8-18(3)31(16-22(20)32)27(35)30-10-12-36-13-11-30/h4-7,15,17-18,20-21H,8-14,16H2,1-3H3,(H,28,33)(H,29,34). The number of amides is 4. The van der Waals surface area contributed by atoms with Gasteiger partial charge in [-0.15, -0.1) is 0 Å². The third-order valence-electron chi connectivity index (χ3n) is 6.94. The lowest BCUT2D eigenvalue weighted by Gasteiger charge is -2.34. The predicted octanol–water partition coefficient (Wildman–Crippen LogP) is 2.57. The SMILES string of the molecule is CC(C)CC(NC(=O)c1cc2ccccc2o1)C(=O)NC1CCC(C)N(C(=O)N2CCOCC2)CC1=O. The number of fused-ring (bicyclic) bond motifs is 1. The Morgan fingerprint density at radius 3 is 2.54 bits per heavy atom. The Morgan fingerprint density at radius 2 is 1.84 bits per heavy atom. The summed E-state index contributed by atoms with van der Waals surface area (Å²) in [5, 5.41) is 6.43. The lowest BCUT2D eigenvalue weighted by molar-refractivity contribution is -0.129. The highest BCUT2D eigenvalue weighted by Crippen LogP contribution is 2.20. The van der Waals surface area contributed by atoms with Gasteiger partial charge in [0.2, 0.25) is 5.91 Å². The van der Waals surface area contributed by atoms with Crippen LogP contribution in [0.4, 0.5) is 4.79 Å². The molecular weight excluding hydrogens is 476 g/mol. The number of carbonyl (C=O) groups excluding carboxylic acids is 4. The van der Waals surface area contributed by atoms with Crippen LogP contribution in [0.3, 0.4) is 0 Å². The molecule has 2 aromatic rings. The zero-order valence-corrected chi connectivity index (χ0v) is 21.7. The number of Topliss-reactive ketones (excluding diaryl/α,β-unsaturated/α-hetero) is 1. The normalized spacial score (nSPS) is 21.6. The van der Waals surface area contributed by atoms with Gasteiger partial charge in [0.25, 0.3) is 5.91 Å². The summed E-state index contributed by atoms with van der Waals surface area (Å²) in [4.78, 5) is 55.7. The average Bonchev–Trinajstić information content (AvgIpc) is 3.27. The summed E-state index contributed by atoms with van der Waals surface area (Å²) >= 11 is 0. The Bertz CT molecular complexity index is 1110. The molecule has 200 valence electrons. The molecule has 3 heterocycles. The second-order valence-electron chi connectivity index (χ2n) is 10.3. The third kappa shape index (κ3) is 6.49. The van der Waals surface area contributed by atoms with E-state index in [4.69, 9.17) is 9.15 Å². The Morgan fingerprint density at radius 1 is 1.11 bits per heavy atom. The van der Waals surface area contributed by atoms with Crippen LogP contribution in [-0.4, -0.2) is 84.4 Å². The van der Waals surface area contributed by atoms with Gasteiger partial charge in [-0.1, -0.05) is 32.0 Å². The first-order chi connectivity index (χ1) is 17.7. The van der Waals surface area contributed by atoms with E-state index in [1.165, 1.54) is 0 Å². The van der Waals surface area contributed by atoms with Crippen molar-refractivity contribution in [2.45, 2.75) is 58.2 Å². The van der Waals surface area contributed by atoms with Crippen LogP contribution in [-0.2, 0) is 14.3 Å². The minimum absolute atomic E-state index is 0.0670. The molecule has 0 spiro atoms. The first-order valence-corrected chi connectivity index (χ1v) is 13.0. The van der Waals surface area contributed by atoms with Crippen molar-refractivity contribution >= 4 is 34.6 Å². The van der Waals surface area contributed by atoms with Crippen molar-refractivity contribution in [1.82, 2.24) is 20.4 Å². The monoisotopic (exact) mass is 512 g/mol. The molecule has 2 saturated heterocycles. The zero-order valence-electron chi connectivity index (χ0n) is 21.7. The first-order valence-electron chi connectivity index (χ1n) is 13.0. The van der Waals surface area contributed by atoms with Gasteiger partial charge in [-0.2, -0.15) is 0 Å². The largest absolute Gasteiger partial charge is 0.451 e. The van der Waals surface area contributed by atoms with Gasteiger partial charge in [-0.05, 0) is 44.2 Å². The second-order valence-corrected chi connectivity index (χ2v) is 10.3. The Labute approximate surface area is 216 Å². The number of hydrogen-bond donors (Lipinski definition) is 2. The molecule has 10 heteroatoms. The Kier molecular flexibility index (Phi) is 8.48. The maximum atomic E-state index is 13.3. The molecule has 2 aliphatic heterocycles. The number of benzene rings is 1. The molecular formula is C27H36N4O6. The van der Waals surface area contributed by atoms with Crippen molar-refractivity contribution < 1.29 is 28.3 Å². The number of urea groups is 1. The Balaban J connectivity index is 1.41. The summed E-state index contributed by atoms with van der Waals surface area (Å²) < 4.78 is 11.0. The Hall–Kier alpha value is -3.40. The number of likely N-dealkylation sites (tertiary alicyclic amines) is 1. The minimum atomic E-state index is -0.833. The van der Waals surface area contributed by atoms with Crippen LogP contribution in [0.25, 0.3) is 11.0 Å². The highest BCUT2D eigenvalue weighted by molar-refractivity contribution is 5.99. The number of nitrogens with one attached hydrogen (secondary N) is 2. The first kappa shape index (κ1) is 26.7. The fourth-order valence-corrected chi connectivity index (χ4v) is 4.80. The van der Waals surface area contributed by atoms with Crippen molar-refractivity contribution in [3.63, 3.8) is 0 Å². The van der Waals surface area contributed by atoms with E-state index in [2.05, 4.69) is 10.6 Å². The van der Waals surface area contributed by atoms with Crippen molar-refractivity contribution in [2.75, 3.05) is 32.8 Å². The number of hydrogen-bond acceptors (Lipinski definition) is 6. The number of ketones is 1. The fraction of sp³-hybridized carbons (Fsp3) is 0.556. The van der Waals surface area contributed by atoms with E-state index in [-0.39, 0.29) is 36.1 Å². The summed E-state index contributed by atoms with van der Waals surface area (Å²) in [6, 6.07) is 7.07. The lowest BCUT2D eigenvalue weighted by atomic mass is 10.0. The summed E-state index contributed by atoms with van der Waals surface area (Å²) in [6.45, 7) is 7.74. The second kappa shape index (κ2) is 11.8. The number of carbonyl (C=O) groups is 4. The van der Waals surface area contributed by atoms with Gasteiger partial charge < -0.3 is 29.6 Å². The number of para-hydroxylation sites is 1. The topological polar surface area (TPSA) is 121 Å². The zero-order chi connectivity index (χ0) is 26.5. The van der Waals surface area contributed by atoms with Crippen LogP contribution in [0.5, 0.6) is 0 Å². The maximum absolute atomic E-state index is 13.3. The molecule has 0 saturated carbocycles. The number of nitrogens with zero attached hydrogens (tertiary/aromatic N) is 2. The van der Waals surface area contributed by atoms with Gasteiger partial charge in [-0.25, -0.2) is 4.79 Å². The van der Waals surface area contributed by atoms with Crippen LogP contribution in [0, 0.1) is 5.92 Å². The van der Waals surface area contributed by atoms with Gasteiger partial charge in [0.1, 0.15) is 11.6 Å². The van der Waals surface area contributed by atoms with Gasteiger partial charge in [0, 0.05) is 24.5 Å². The van der Waals surface area contributed by atoms with Crippen LogP contribution >= 0.6 is 0 Å². The molecule has 0 aliphatic carbocycles. The van der Waals surface area contributed by atoms with Crippen LogP contribution in [0.1, 0.15) is 50.6 Å². The summed E-state index contributed by atoms with van der Waals surface area (Å²) in [6.07, 6.45) is 1.40. The highest BCUT2D eigenvalue weighted by atomic mass is 16.5. The molecule has 1 aromatic carbocycles. The molecule has 0 bridgehead atoms. The number of rotatable bonds is 6. The molecule has 0 radical (unpaired) electrons. The van der Waals surface area contributed by atoms with Crippen LogP contribution in [0.2, 0.25) is 0 Å². The van der Waals surface area contributed by atoms with Crippen molar-refractivity contribution in [1.29, 1.82) is 0 Å². The fourth-order valence-electron chi connectivity index (χ4n) is 4.80. The molecule has 2 aliphatic rings. The van der Waals surface area contributed by atoms with E-state index in [1.54, 1.807) is 21.9 Å². The predicted molar refractivity (Wildman–Crippen MR) is 137 cm³/mol.